The number of urea groups is 1. The van der Waals surface area contributed by atoms with Gasteiger partial charge in [0.15, 0.2) is 0 Å². The Morgan fingerprint density at radius 3 is 2.40 bits per heavy atom. The van der Waals surface area contributed by atoms with Gasteiger partial charge in [-0.1, -0.05) is 19.8 Å². The number of carbonyl (C=O) groups is 2. The van der Waals surface area contributed by atoms with Gasteiger partial charge in [0.05, 0.1) is 0 Å². The SMILES string of the molecule is CC1CCCCC1NC(=O)N1CCC(CC(=O)O)CC1. The molecule has 0 aromatic carbocycles. The molecule has 2 rings (SSSR count). The second-order valence-corrected chi connectivity index (χ2v) is 6.35. The van der Waals surface area contributed by atoms with Gasteiger partial charge in [-0.25, -0.2) is 4.79 Å². The average Bonchev–Trinajstić information content (AvgIpc) is 2.41. The standard InChI is InChI=1S/C15H26N2O3/c1-11-4-2-3-5-13(11)16-15(20)17-8-6-12(7-9-17)10-14(18)19/h11-13H,2-10H2,1H3,(H,16,20)(H,18,19). The highest BCUT2D eigenvalue weighted by Gasteiger charge is 2.28. The summed E-state index contributed by atoms with van der Waals surface area (Å²) in [7, 11) is 0. The van der Waals surface area contributed by atoms with Crippen LogP contribution in [0.25, 0.3) is 0 Å². The molecule has 0 aromatic heterocycles. The first kappa shape index (κ1) is 15.1. The molecule has 0 spiro atoms. The summed E-state index contributed by atoms with van der Waals surface area (Å²) in [5, 5.41) is 12.0. The van der Waals surface area contributed by atoms with Gasteiger partial charge in [-0.2, -0.15) is 0 Å². The third-order valence-electron chi connectivity index (χ3n) is 4.79. The van der Waals surface area contributed by atoms with Gasteiger partial charge in [-0.3, -0.25) is 4.79 Å². The van der Waals surface area contributed by atoms with Crippen LogP contribution in [-0.4, -0.2) is 41.1 Å². The first-order valence-electron chi connectivity index (χ1n) is 7.83. The zero-order chi connectivity index (χ0) is 14.5. The average molecular weight is 282 g/mol. The third kappa shape index (κ3) is 4.12. The fourth-order valence-corrected chi connectivity index (χ4v) is 3.37. The smallest absolute Gasteiger partial charge is 0.317 e. The molecule has 0 radical (unpaired) electrons. The number of amides is 2. The van der Waals surface area contributed by atoms with Gasteiger partial charge in [0.1, 0.15) is 0 Å². The molecule has 0 aromatic rings. The van der Waals surface area contributed by atoms with Crippen LogP contribution < -0.4 is 5.32 Å². The van der Waals surface area contributed by atoms with Crippen molar-refractivity contribution in [1.29, 1.82) is 0 Å². The maximum Gasteiger partial charge on any atom is 0.317 e. The van der Waals surface area contributed by atoms with E-state index in [1.54, 1.807) is 0 Å². The topological polar surface area (TPSA) is 69.6 Å². The van der Waals surface area contributed by atoms with Crippen LogP contribution in [0.15, 0.2) is 0 Å². The van der Waals surface area contributed by atoms with E-state index in [0.717, 1.165) is 19.3 Å². The predicted molar refractivity (Wildman–Crippen MR) is 76.5 cm³/mol. The lowest BCUT2D eigenvalue weighted by Gasteiger charge is -2.35. The largest absolute Gasteiger partial charge is 0.481 e. The monoisotopic (exact) mass is 282 g/mol. The highest BCUT2D eigenvalue weighted by Crippen LogP contribution is 2.25. The van der Waals surface area contributed by atoms with Gasteiger partial charge in [0.25, 0.3) is 0 Å². The van der Waals surface area contributed by atoms with Crippen molar-refractivity contribution in [1.82, 2.24) is 10.2 Å². The van der Waals surface area contributed by atoms with E-state index >= 15 is 0 Å². The normalized spacial score (nSPS) is 28.1. The van der Waals surface area contributed by atoms with Crippen LogP contribution in [0.5, 0.6) is 0 Å². The van der Waals surface area contributed by atoms with E-state index in [1.807, 2.05) is 4.90 Å². The maximum atomic E-state index is 12.2. The molecule has 1 aliphatic carbocycles. The molecule has 1 saturated carbocycles. The molecule has 5 heteroatoms. The van der Waals surface area contributed by atoms with E-state index < -0.39 is 5.97 Å². The van der Waals surface area contributed by atoms with E-state index in [-0.39, 0.29) is 18.4 Å². The van der Waals surface area contributed by atoms with Crippen molar-refractivity contribution in [2.24, 2.45) is 11.8 Å². The number of aliphatic carboxylic acids is 1. The first-order chi connectivity index (χ1) is 9.56. The number of hydrogen-bond acceptors (Lipinski definition) is 2. The van der Waals surface area contributed by atoms with E-state index in [9.17, 15) is 9.59 Å². The first-order valence-corrected chi connectivity index (χ1v) is 7.83. The molecule has 5 nitrogen and oxygen atoms in total. The summed E-state index contributed by atoms with van der Waals surface area (Å²) >= 11 is 0. The fourth-order valence-electron chi connectivity index (χ4n) is 3.37. The van der Waals surface area contributed by atoms with Crippen molar-refractivity contribution >= 4 is 12.0 Å². The summed E-state index contributed by atoms with van der Waals surface area (Å²) < 4.78 is 0. The lowest BCUT2D eigenvalue weighted by atomic mass is 9.86. The molecule has 20 heavy (non-hydrogen) atoms. The Kier molecular flexibility index (Phi) is 5.26. The lowest BCUT2D eigenvalue weighted by molar-refractivity contribution is -0.138. The number of piperidine rings is 1. The summed E-state index contributed by atoms with van der Waals surface area (Å²) in [6.45, 7) is 3.58. The van der Waals surface area contributed by atoms with Crippen LogP contribution in [0.2, 0.25) is 0 Å². The zero-order valence-corrected chi connectivity index (χ0v) is 12.3. The quantitative estimate of drug-likeness (QED) is 0.835. The molecule has 2 amide bonds. The molecular formula is C15H26N2O3. The van der Waals surface area contributed by atoms with Crippen molar-refractivity contribution in [3.63, 3.8) is 0 Å². The van der Waals surface area contributed by atoms with Gasteiger partial charge in [-0.15, -0.1) is 0 Å². The van der Waals surface area contributed by atoms with Crippen molar-refractivity contribution in [3.8, 4) is 0 Å². The summed E-state index contributed by atoms with van der Waals surface area (Å²) in [4.78, 5) is 24.8. The summed E-state index contributed by atoms with van der Waals surface area (Å²) in [6.07, 6.45) is 6.60. The molecule has 1 heterocycles. The fraction of sp³-hybridized carbons (Fsp3) is 0.867. The molecule has 1 saturated heterocycles. The predicted octanol–water partition coefficient (Wildman–Crippen LogP) is 2.46. The number of hydrogen-bond donors (Lipinski definition) is 2. The molecule has 2 N–H and O–H groups in total. The van der Waals surface area contributed by atoms with Crippen LogP contribution >= 0.6 is 0 Å². The maximum absolute atomic E-state index is 12.2. The van der Waals surface area contributed by atoms with E-state index in [2.05, 4.69) is 12.2 Å². The molecule has 2 atom stereocenters. The number of nitrogens with zero attached hydrogens (tertiary/aromatic N) is 1. The van der Waals surface area contributed by atoms with Gasteiger partial charge >= 0.3 is 12.0 Å². The van der Waals surface area contributed by atoms with Crippen LogP contribution in [0.3, 0.4) is 0 Å². The Balaban J connectivity index is 1.75. The Morgan fingerprint density at radius 2 is 1.80 bits per heavy atom. The van der Waals surface area contributed by atoms with Gasteiger partial charge in [0, 0.05) is 25.6 Å². The number of likely N-dealkylation sites (tertiary alicyclic amines) is 1. The van der Waals surface area contributed by atoms with Crippen molar-refractivity contribution in [3.05, 3.63) is 0 Å². The van der Waals surface area contributed by atoms with Crippen LogP contribution in [-0.2, 0) is 4.79 Å². The van der Waals surface area contributed by atoms with Crippen molar-refractivity contribution in [2.75, 3.05) is 13.1 Å². The minimum absolute atomic E-state index is 0.0394. The lowest BCUT2D eigenvalue weighted by Crippen LogP contribution is -2.50. The van der Waals surface area contributed by atoms with E-state index in [0.29, 0.717) is 25.0 Å². The second kappa shape index (κ2) is 6.95. The number of carbonyl (C=O) groups excluding carboxylic acids is 1. The Bertz CT molecular complexity index is 351. The number of nitrogens with one attached hydrogen (secondary N) is 1. The third-order valence-corrected chi connectivity index (χ3v) is 4.79. The summed E-state index contributed by atoms with van der Waals surface area (Å²) in [5.74, 6) is 0.0614. The van der Waals surface area contributed by atoms with E-state index in [1.165, 1.54) is 19.3 Å². The van der Waals surface area contributed by atoms with Crippen LogP contribution in [0, 0.1) is 11.8 Å². The molecule has 2 aliphatic rings. The highest BCUT2D eigenvalue weighted by atomic mass is 16.4. The number of rotatable bonds is 3. The van der Waals surface area contributed by atoms with Crippen LogP contribution in [0.1, 0.15) is 51.9 Å². The molecular weight excluding hydrogens is 256 g/mol. The van der Waals surface area contributed by atoms with Gasteiger partial charge in [-0.05, 0) is 37.5 Å². The summed E-state index contributed by atoms with van der Waals surface area (Å²) in [6, 6.07) is 0.352. The van der Waals surface area contributed by atoms with Crippen molar-refractivity contribution in [2.45, 2.75) is 57.9 Å². The Hall–Kier alpha value is -1.26. The molecule has 2 fully saturated rings. The van der Waals surface area contributed by atoms with Crippen molar-refractivity contribution < 1.29 is 14.7 Å². The van der Waals surface area contributed by atoms with Crippen LogP contribution in [0.4, 0.5) is 4.79 Å². The molecule has 1 aliphatic heterocycles. The Labute approximate surface area is 120 Å². The Morgan fingerprint density at radius 1 is 1.15 bits per heavy atom. The molecule has 114 valence electrons. The molecule has 2 unspecified atom stereocenters. The second-order valence-electron chi connectivity index (χ2n) is 6.35. The summed E-state index contributed by atoms with van der Waals surface area (Å²) in [5.41, 5.74) is 0. The van der Waals surface area contributed by atoms with Gasteiger partial charge < -0.3 is 15.3 Å². The minimum atomic E-state index is -0.732. The van der Waals surface area contributed by atoms with Gasteiger partial charge in [0.2, 0.25) is 0 Å². The highest BCUT2D eigenvalue weighted by molar-refractivity contribution is 5.74. The van der Waals surface area contributed by atoms with E-state index in [4.69, 9.17) is 5.11 Å². The zero-order valence-electron chi connectivity index (χ0n) is 12.3. The number of carboxylic acids is 1. The molecule has 0 bridgehead atoms. The minimum Gasteiger partial charge on any atom is -0.481 e. The number of carboxylic acid groups (broad SMARTS) is 1.